The minimum atomic E-state index is 0.0226. The maximum Gasteiger partial charge on any atom is 0.257 e. The van der Waals surface area contributed by atoms with Crippen LogP contribution in [0.3, 0.4) is 0 Å². The SMILES string of the molecule is O=C(c1cn[nH]c1)N1C[C@@H](COCC2CC2)[C@H](c2ccccn2)C1. The quantitative estimate of drug-likeness (QED) is 0.882. The normalized spacial score (nSPS) is 23.6. The molecule has 3 heterocycles. The second-order valence-electron chi connectivity index (χ2n) is 6.80. The number of aromatic nitrogens is 3. The monoisotopic (exact) mass is 326 g/mol. The molecular weight excluding hydrogens is 304 g/mol. The summed E-state index contributed by atoms with van der Waals surface area (Å²) < 4.78 is 5.93. The fourth-order valence-electron chi connectivity index (χ4n) is 3.36. The first kappa shape index (κ1) is 15.3. The summed E-state index contributed by atoms with van der Waals surface area (Å²) >= 11 is 0. The molecule has 2 aliphatic rings. The van der Waals surface area contributed by atoms with Crippen molar-refractivity contribution in [2.75, 3.05) is 26.3 Å². The molecule has 4 rings (SSSR count). The summed E-state index contributed by atoms with van der Waals surface area (Å²) in [5.74, 6) is 1.29. The van der Waals surface area contributed by atoms with Crippen LogP contribution in [-0.2, 0) is 4.74 Å². The first-order valence-corrected chi connectivity index (χ1v) is 8.58. The van der Waals surface area contributed by atoms with Crippen LogP contribution in [-0.4, -0.2) is 52.3 Å². The highest BCUT2D eigenvalue weighted by Crippen LogP contribution is 2.34. The number of hydrogen-bond acceptors (Lipinski definition) is 4. The number of likely N-dealkylation sites (tertiary alicyclic amines) is 1. The highest BCUT2D eigenvalue weighted by Gasteiger charge is 2.37. The molecule has 1 saturated heterocycles. The zero-order chi connectivity index (χ0) is 16.4. The van der Waals surface area contributed by atoms with E-state index in [1.54, 1.807) is 12.4 Å². The minimum absolute atomic E-state index is 0.0226. The predicted octanol–water partition coefficient (Wildman–Crippen LogP) is 2.09. The van der Waals surface area contributed by atoms with Crippen molar-refractivity contribution in [3.05, 3.63) is 48.0 Å². The highest BCUT2D eigenvalue weighted by atomic mass is 16.5. The van der Waals surface area contributed by atoms with Crippen LogP contribution in [0.25, 0.3) is 0 Å². The van der Waals surface area contributed by atoms with E-state index < -0.39 is 0 Å². The molecule has 1 amide bonds. The topological polar surface area (TPSA) is 71.1 Å². The van der Waals surface area contributed by atoms with E-state index in [4.69, 9.17) is 4.74 Å². The minimum Gasteiger partial charge on any atom is -0.381 e. The van der Waals surface area contributed by atoms with Crippen molar-refractivity contribution < 1.29 is 9.53 Å². The van der Waals surface area contributed by atoms with Crippen molar-refractivity contribution in [2.45, 2.75) is 18.8 Å². The van der Waals surface area contributed by atoms with Gasteiger partial charge in [0.05, 0.1) is 18.4 Å². The Labute approximate surface area is 141 Å². The number of rotatable bonds is 6. The zero-order valence-electron chi connectivity index (χ0n) is 13.6. The third kappa shape index (κ3) is 3.33. The van der Waals surface area contributed by atoms with Gasteiger partial charge < -0.3 is 9.64 Å². The van der Waals surface area contributed by atoms with Gasteiger partial charge in [0.2, 0.25) is 0 Å². The van der Waals surface area contributed by atoms with Crippen LogP contribution in [0.2, 0.25) is 0 Å². The molecule has 2 aromatic heterocycles. The molecule has 0 unspecified atom stereocenters. The molecule has 0 spiro atoms. The molecule has 1 N–H and O–H groups in total. The Balaban J connectivity index is 1.47. The Morgan fingerprint density at radius 3 is 2.92 bits per heavy atom. The second-order valence-corrected chi connectivity index (χ2v) is 6.80. The summed E-state index contributed by atoms with van der Waals surface area (Å²) in [6, 6.07) is 5.97. The molecule has 1 saturated carbocycles. The average molecular weight is 326 g/mol. The third-order valence-electron chi connectivity index (χ3n) is 4.92. The van der Waals surface area contributed by atoms with Crippen LogP contribution < -0.4 is 0 Å². The standard InChI is InChI=1S/C18H22N4O2/c23-18(14-7-20-21-8-14)22-9-15(12-24-11-13-4-5-13)16(10-22)17-3-1-2-6-19-17/h1-3,6-8,13,15-16H,4-5,9-12H2,(H,20,21)/t15-,16+/m0/s1. The van der Waals surface area contributed by atoms with Crippen molar-refractivity contribution in [2.24, 2.45) is 11.8 Å². The number of pyridine rings is 1. The summed E-state index contributed by atoms with van der Waals surface area (Å²) in [6.07, 6.45) is 7.63. The van der Waals surface area contributed by atoms with Crippen molar-refractivity contribution in [3.8, 4) is 0 Å². The number of carbonyl (C=O) groups is 1. The van der Waals surface area contributed by atoms with Crippen molar-refractivity contribution in [3.63, 3.8) is 0 Å². The largest absolute Gasteiger partial charge is 0.381 e. The fraction of sp³-hybridized carbons (Fsp3) is 0.500. The highest BCUT2D eigenvalue weighted by molar-refractivity contribution is 5.93. The van der Waals surface area contributed by atoms with E-state index in [1.807, 2.05) is 29.3 Å². The number of nitrogens with one attached hydrogen (secondary N) is 1. The van der Waals surface area contributed by atoms with Gasteiger partial charge in [0, 0.05) is 49.6 Å². The first-order chi connectivity index (χ1) is 11.8. The lowest BCUT2D eigenvalue weighted by molar-refractivity contribution is 0.0739. The molecule has 6 heteroatoms. The Morgan fingerprint density at radius 1 is 1.29 bits per heavy atom. The number of amides is 1. The predicted molar refractivity (Wildman–Crippen MR) is 88.5 cm³/mol. The van der Waals surface area contributed by atoms with E-state index in [2.05, 4.69) is 15.2 Å². The Bertz CT molecular complexity index is 670. The number of H-pyrrole nitrogens is 1. The molecule has 0 aromatic carbocycles. The van der Waals surface area contributed by atoms with Crippen LogP contribution in [0.4, 0.5) is 0 Å². The molecule has 1 aliphatic heterocycles. The number of hydrogen-bond donors (Lipinski definition) is 1. The lowest BCUT2D eigenvalue weighted by Crippen LogP contribution is -2.29. The van der Waals surface area contributed by atoms with E-state index in [0.29, 0.717) is 25.3 Å². The molecule has 0 radical (unpaired) electrons. The smallest absolute Gasteiger partial charge is 0.257 e. The van der Waals surface area contributed by atoms with E-state index in [-0.39, 0.29) is 17.7 Å². The fourth-order valence-corrected chi connectivity index (χ4v) is 3.36. The summed E-state index contributed by atoms with van der Waals surface area (Å²) in [6.45, 7) is 2.92. The van der Waals surface area contributed by atoms with Crippen LogP contribution in [0.15, 0.2) is 36.8 Å². The van der Waals surface area contributed by atoms with Gasteiger partial charge in [-0.3, -0.25) is 14.9 Å². The molecule has 126 valence electrons. The van der Waals surface area contributed by atoms with Crippen LogP contribution in [0, 0.1) is 11.8 Å². The van der Waals surface area contributed by atoms with Gasteiger partial charge in [-0.05, 0) is 30.9 Å². The molecule has 1 aliphatic carbocycles. The van der Waals surface area contributed by atoms with Crippen molar-refractivity contribution >= 4 is 5.91 Å². The van der Waals surface area contributed by atoms with Crippen LogP contribution >= 0.6 is 0 Å². The Kier molecular flexibility index (Phi) is 4.30. The van der Waals surface area contributed by atoms with E-state index in [1.165, 1.54) is 12.8 Å². The number of aromatic amines is 1. The van der Waals surface area contributed by atoms with Crippen molar-refractivity contribution in [1.29, 1.82) is 0 Å². The number of nitrogens with zero attached hydrogens (tertiary/aromatic N) is 3. The lowest BCUT2D eigenvalue weighted by Gasteiger charge is -2.17. The number of ether oxygens (including phenoxy) is 1. The average Bonchev–Trinajstić information content (AvgIpc) is 3.12. The molecule has 2 atom stereocenters. The van der Waals surface area contributed by atoms with Crippen LogP contribution in [0.5, 0.6) is 0 Å². The Hall–Kier alpha value is -2.21. The van der Waals surface area contributed by atoms with Crippen LogP contribution in [0.1, 0.15) is 34.8 Å². The summed E-state index contributed by atoms with van der Waals surface area (Å²) in [5.41, 5.74) is 1.65. The van der Waals surface area contributed by atoms with E-state index in [9.17, 15) is 4.79 Å². The number of carbonyl (C=O) groups excluding carboxylic acids is 1. The summed E-state index contributed by atoms with van der Waals surface area (Å²) in [4.78, 5) is 19.0. The molecule has 6 nitrogen and oxygen atoms in total. The Morgan fingerprint density at radius 2 is 2.21 bits per heavy atom. The lowest BCUT2D eigenvalue weighted by atomic mass is 9.93. The molecule has 2 aromatic rings. The zero-order valence-corrected chi connectivity index (χ0v) is 13.6. The maximum atomic E-state index is 12.6. The molecule has 24 heavy (non-hydrogen) atoms. The van der Waals surface area contributed by atoms with E-state index >= 15 is 0 Å². The van der Waals surface area contributed by atoms with Gasteiger partial charge >= 0.3 is 0 Å². The molecule has 2 fully saturated rings. The van der Waals surface area contributed by atoms with Gasteiger partial charge in [-0.2, -0.15) is 5.10 Å². The molecular formula is C18H22N4O2. The molecule has 0 bridgehead atoms. The first-order valence-electron chi connectivity index (χ1n) is 8.58. The summed E-state index contributed by atoms with van der Waals surface area (Å²) in [7, 11) is 0. The maximum absolute atomic E-state index is 12.6. The van der Waals surface area contributed by atoms with Gasteiger partial charge in [-0.25, -0.2) is 0 Å². The van der Waals surface area contributed by atoms with E-state index in [0.717, 1.165) is 18.2 Å². The van der Waals surface area contributed by atoms with Gasteiger partial charge in [0.1, 0.15) is 0 Å². The van der Waals surface area contributed by atoms with Gasteiger partial charge in [-0.15, -0.1) is 0 Å². The van der Waals surface area contributed by atoms with Gasteiger partial charge in [0.25, 0.3) is 5.91 Å². The van der Waals surface area contributed by atoms with Gasteiger partial charge in [-0.1, -0.05) is 6.07 Å². The second kappa shape index (κ2) is 6.73. The summed E-state index contributed by atoms with van der Waals surface area (Å²) in [5, 5.41) is 6.58. The van der Waals surface area contributed by atoms with Gasteiger partial charge in [0.15, 0.2) is 0 Å². The van der Waals surface area contributed by atoms with Crippen molar-refractivity contribution in [1.82, 2.24) is 20.1 Å². The third-order valence-corrected chi connectivity index (χ3v) is 4.92.